The molecule has 0 radical (unpaired) electrons. The van der Waals surface area contributed by atoms with E-state index in [1.54, 1.807) is 25.4 Å². The number of pyridine rings is 1. The van der Waals surface area contributed by atoms with Crippen molar-refractivity contribution in [2.45, 2.75) is 32.7 Å². The summed E-state index contributed by atoms with van der Waals surface area (Å²) in [5, 5.41) is 14.9. The van der Waals surface area contributed by atoms with E-state index in [0.29, 0.717) is 12.2 Å². The van der Waals surface area contributed by atoms with Gasteiger partial charge in [0.15, 0.2) is 5.13 Å². The fraction of sp³-hybridized carbons (Fsp3) is 0.357. The third-order valence-corrected chi connectivity index (χ3v) is 4.05. The van der Waals surface area contributed by atoms with Gasteiger partial charge in [0.2, 0.25) is 0 Å². The van der Waals surface area contributed by atoms with Gasteiger partial charge in [-0.15, -0.1) is 11.3 Å². The topological polar surface area (TPSA) is 75.1 Å². The van der Waals surface area contributed by atoms with E-state index in [2.05, 4.69) is 15.3 Å². The van der Waals surface area contributed by atoms with Crippen LogP contribution < -0.4 is 5.32 Å². The number of nitrogens with one attached hydrogen (secondary N) is 1. The Hall–Kier alpha value is -1.95. The summed E-state index contributed by atoms with van der Waals surface area (Å²) >= 11 is 1.42. The van der Waals surface area contributed by atoms with E-state index in [1.807, 2.05) is 19.2 Å². The number of carbonyl (C=O) groups is 1. The van der Waals surface area contributed by atoms with Crippen molar-refractivity contribution < 1.29 is 9.90 Å². The summed E-state index contributed by atoms with van der Waals surface area (Å²) in [5.41, 5.74) is 1.86. The average Bonchev–Trinajstić information content (AvgIpc) is 2.87. The molecule has 0 saturated carbocycles. The smallest absolute Gasteiger partial charge is 0.315 e. The largest absolute Gasteiger partial charge is 0.481 e. The molecule has 5 nitrogen and oxygen atoms in total. The van der Waals surface area contributed by atoms with Crippen LogP contribution in [-0.4, -0.2) is 21.0 Å². The van der Waals surface area contributed by atoms with Gasteiger partial charge >= 0.3 is 5.97 Å². The Balaban J connectivity index is 2.08. The van der Waals surface area contributed by atoms with Gasteiger partial charge in [-0.3, -0.25) is 9.78 Å². The number of hydrogen-bond donors (Lipinski definition) is 2. The molecule has 2 aromatic heterocycles. The predicted molar refractivity (Wildman–Crippen MR) is 79.1 cm³/mol. The molecule has 0 aliphatic heterocycles. The van der Waals surface area contributed by atoms with Crippen molar-refractivity contribution in [1.29, 1.82) is 0 Å². The van der Waals surface area contributed by atoms with Crippen molar-refractivity contribution in [1.82, 2.24) is 9.97 Å². The standard InChI is InChI=1S/C14H17N3O2S/c1-9-6-15-5-4-10(9)7-16-13-17-11(8-20-13)14(2,3)12(18)19/h4-6,8H,7H2,1-3H3,(H,16,17)(H,18,19). The number of hydrogen-bond acceptors (Lipinski definition) is 5. The van der Waals surface area contributed by atoms with Crippen LogP contribution >= 0.6 is 11.3 Å². The normalized spacial score (nSPS) is 11.3. The van der Waals surface area contributed by atoms with E-state index >= 15 is 0 Å². The zero-order valence-corrected chi connectivity index (χ0v) is 12.5. The van der Waals surface area contributed by atoms with Gasteiger partial charge in [-0.1, -0.05) is 0 Å². The van der Waals surface area contributed by atoms with Gasteiger partial charge in [-0.2, -0.15) is 0 Å². The monoisotopic (exact) mass is 291 g/mol. The summed E-state index contributed by atoms with van der Waals surface area (Å²) in [4.78, 5) is 19.6. The third kappa shape index (κ3) is 2.96. The van der Waals surface area contributed by atoms with Crippen molar-refractivity contribution >= 4 is 22.4 Å². The maximum atomic E-state index is 11.2. The van der Waals surface area contributed by atoms with Crippen LogP contribution in [0.3, 0.4) is 0 Å². The lowest BCUT2D eigenvalue weighted by Gasteiger charge is -2.15. The summed E-state index contributed by atoms with van der Waals surface area (Å²) in [5.74, 6) is -0.876. The van der Waals surface area contributed by atoms with Gasteiger partial charge in [0.1, 0.15) is 5.41 Å². The fourth-order valence-corrected chi connectivity index (χ4v) is 2.50. The molecule has 6 heteroatoms. The molecule has 20 heavy (non-hydrogen) atoms. The summed E-state index contributed by atoms with van der Waals surface area (Å²) < 4.78 is 0. The Morgan fingerprint density at radius 1 is 1.50 bits per heavy atom. The molecule has 2 N–H and O–H groups in total. The Morgan fingerprint density at radius 3 is 2.90 bits per heavy atom. The Bertz CT molecular complexity index is 622. The molecular formula is C14H17N3O2S. The number of aliphatic carboxylic acids is 1. The molecule has 106 valence electrons. The van der Waals surface area contributed by atoms with Crippen molar-refractivity contribution in [3.63, 3.8) is 0 Å². The van der Waals surface area contributed by atoms with E-state index in [9.17, 15) is 9.90 Å². The highest BCUT2D eigenvalue weighted by molar-refractivity contribution is 7.13. The zero-order valence-electron chi connectivity index (χ0n) is 11.7. The molecule has 2 rings (SSSR count). The molecule has 0 bridgehead atoms. The van der Waals surface area contributed by atoms with Crippen LogP contribution in [0, 0.1) is 6.92 Å². The maximum absolute atomic E-state index is 11.2. The van der Waals surface area contributed by atoms with Gasteiger partial charge in [0, 0.05) is 24.3 Å². The van der Waals surface area contributed by atoms with Crippen LogP contribution in [-0.2, 0) is 16.8 Å². The number of aryl methyl sites for hydroxylation is 1. The van der Waals surface area contributed by atoms with Gasteiger partial charge in [0.05, 0.1) is 5.69 Å². The number of carboxylic acid groups (broad SMARTS) is 1. The quantitative estimate of drug-likeness (QED) is 0.886. The second-order valence-corrected chi connectivity index (χ2v) is 5.98. The van der Waals surface area contributed by atoms with E-state index in [1.165, 1.54) is 11.3 Å². The fourth-order valence-electron chi connectivity index (χ4n) is 1.62. The molecular weight excluding hydrogens is 274 g/mol. The molecule has 0 aliphatic rings. The molecule has 0 atom stereocenters. The number of carboxylic acids is 1. The maximum Gasteiger partial charge on any atom is 0.315 e. The first-order valence-corrected chi connectivity index (χ1v) is 7.12. The number of nitrogens with zero attached hydrogens (tertiary/aromatic N) is 2. The van der Waals surface area contributed by atoms with Crippen LogP contribution in [0.2, 0.25) is 0 Å². The predicted octanol–water partition coefficient (Wildman–Crippen LogP) is 2.82. The van der Waals surface area contributed by atoms with Gasteiger partial charge in [-0.25, -0.2) is 4.98 Å². The molecule has 0 saturated heterocycles. The number of thiazole rings is 1. The van der Waals surface area contributed by atoms with E-state index in [-0.39, 0.29) is 0 Å². The first-order valence-electron chi connectivity index (χ1n) is 6.24. The van der Waals surface area contributed by atoms with Crippen molar-refractivity contribution in [2.24, 2.45) is 0 Å². The Kier molecular flexibility index (Phi) is 4.04. The van der Waals surface area contributed by atoms with Crippen LogP contribution in [0.25, 0.3) is 0 Å². The first kappa shape index (κ1) is 14.5. The van der Waals surface area contributed by atoms with E-state index < -0.39 is 11.4 Å². The molecule has 0 fully saturated rings. The summed E-state index contributed by atoms with van der Waals surface area (Å²) in [7, 11) is 0. The van der Waals surface area contributed by atoms with Crippen LogP contribution in [0.1, 0.15) is 30.7 Å². The van der Waals surface area contributed by atoms with Crippen molar-refractivity contribution in [3.05, 3.63) is 40.7 Å². The zero-order chi connectivity index (χ0) is 14.8. The molecule has 0 aromatic carbocycles. The lowest BCUT2D eigenvalue weighted by Crippen LogP contribution is -2.28. The lowest BCUT2D eigenvalue weighted by atomic mass is 9.90. The second-order valence-electron chi connectivity index (χ2n) is 5.12. The SMILES string of the molecule is Cc1cnccc1CNc1nc(C(C)(C)C(=O)O)cs1. The van der Waals surface area contributed by atoms with Gasteiger partial charge in [-0.05, 0) is 38.0 Å². The van der Waals surface area contributed by atoms with E-state index in [0.717, 1.165) is 16.3 Å². The van der Waals surface area contributed by atoms with Crippen LogP contribution in [0.15, 0.2) is 23.8 Å². The third-order valence-electron chi connectivity index (χ3n) is 3.25. The minimum Gasteiger partial charge on any atom is -0.481 e. The molecule has 0 spiro atoms. The summed E-state index contributed by atoms with van der Waals surface area (Å²) in [6.07, 6.45) is 3.57. The van der Waals surface area contributed by atoms with Crippen molar-refractivity contribution in [3.8, 4) is 0 Å². The minimum absolute atomic E-state index is 0.573. The van der Waals surface area contributed by atoms with Gasteiger partial charge in [0.25, 0.3) is 0 Å². The Labute approximate surface area is 121 Å². The number of rotatable bonds is 5. The molecule has 0 unspecified atom stereocenters. The van der Waals surface area contributed by atoms with E-state index in [4.69, 9.17) is 0 Å². The van der Waals surface area contributed by atoms with Crippen LogP contribution in [0.5, 0.6) is 0 Å². The second kappa shape index (κ2) is 5.58. The summed E-state index contributed by atoms with van der Waals surface area (Å²) in [6, 6.07) is 1.96. The highest BCUT2D eigenvalue weighted by Gasteiger charge is 2.32. The summed E-state index contributed by atoms with van der Waals surface area (Å²) in [6.45, 7) is 5.96. The van der Waals surface area contributed by atoms with Crippen molar-refractivity contribution in [2.75, 3.05) is 5.32 Å². The number of anilines is 1. The minimum atomic E-state index is -0.969. The Morgan fingerprint density at radius 2 is 2.25 bits per heavy atom. The first-order chi connectivity index (χ1) is 9.41. The molecule has 0 amide bonds. The molecule has 2 aromatic rings. The molecule has 2 heterocycles. The highest BCUT2D eigenvalue weighted by Crippen LogP contribution is 2.27. The number of aromatic nitrogens is 2. The highest BCUT2D eigenvalue weighted by atomic mass is 32.1. The van der Waals surface area contributed by atoms with Crippen LogP contribution in [0.4, 0.5) is 5.13 Å². The lowest BCUT2D eigenvalue weighted by molar-refractivity contribution is -0.142. The van der Waals surface area contributed by atoms with Gasteiger partial charge < -0.3 is 10.4 Å². The average molecular weight is 291 g/mol. The molecule has 0 aliphatic carbocycles.